The third-order valence-electron chi connectivity index (χ3n) is 4.96. The van der Waals surface area contributed by atoms with Gasteiger partial charge in [0.1, 0.15) is 0 Å². The zero-order valence-corrected chi connectivity index (χ0v) is 15.4. The van der Waals surface area contributed by atoms with Crippen molar-refractivity contribution in [1.82, 2.24) is 5.32 Å². The van der Waals surface area contributed by atoms with Crippen molar-refractivity contribution in [3.8, 4) is 0 Å². The number of hydrogen-bond acceptors (Lipinski definition) is 2. The molecule has 118 valence electrons. The molecule has 1 aromatic rings. The number of nitrogens with one attached hydrogen (secondary N) is 1. The van der Waals surface area contributed by atoms with Gasteiger partial charge in [0.15, 0.2) is 0 Å². The summed E-state index contributed by atoms with van der Waals surface area (Å²) in [4.78, 5) is 2.56. The summed E-state index contributed by atoms with van der Waals surface area (Å²) in [6, 6.07) is 7.20. The summed E-state index contributed by atoms with van der Waals surface area (Å²) in [5.41, 5.74) is 2.69. The summed E-state index contributed by atoms with van der Waals surface area (Å²) in [5.74, 6) is 1.70. The maximum absolute atomic E-state index is 3.78. The molecule has 2 nitrogen and oxygen atoms in total. The molecule has 0 aromatic heterocycles. The lowest BCUT2D eigenvalue weighted by Crippen LogP contribution is -2.25. The highest BCUT2D eigenvalue weighted by Gasteiger charge is 2.21. The minimum Gasteiger partial charge on any atom is -0.371 e. The van der Waals surface area contributed by atoms with Gasteiger partial charge in [-0.3, -0.25) is 0 Å². The first-order chi connectivity index (χ1) is 10.0. The van der Waals surface area contributed by atoms with E-state index >= 15 is 0 Å². The van der Waals surface area contributed by atoms with Crippen molar-refractivity contribution < 1.29 is 0 Å². The van der Waals surface area contributed by atoms with E-state index in [0.717, 1.165) is 11.8 Å². The molecule has 3 heteroatoms. The number of rotatable bonds is 4. The highest BCUT2D eigenvalue weighted by molar-refractivity contribution is 9.10. The average Bonchev–Trinajstić information content (AvgIpc) is 2.72. The first-order valence-corrected chi connectivity index (χ1v) is 9.04. The predicted octanol–water partition coefficient (Wildman–Crippen LogP) is 4.99. The molecule has 1 heterocycles. The molecule has 1 aliphatic heterocycles. The van der Waals surface area contributed by atoms with Crippen LogP contribution in [-0.2, 0) is 0 Å². The van der Waals surface area contributed by atoms with Gasteiger partial charge in [0.05, 0.1) is 5.69 Å². The number of benzene rings is 1. The Morgan fingerprint density at radius 2 is 1.95 bits per heavy atom. The first kappa shape index (κ1) is 16.8. The zero-order valence-electron chi connectivity index (χ0n) is 13.8. The van der Waals surface area contributed by atoms with Gasteiger partial charge in [-0.25, -0.2) is 0 Å². The van der Waals surface area contributed by atoms with Crippen LogP contribution < -0.4 is 10.2 Å². The molecule has 0 bridgehead atoms. The number of hydrogen-bond donors (Lipinski definition) is 1. The van der Waals surface area contributed by atoms with Crippen LogP contribution in [0.4, 0.5) is 5.69 Å². The SMILES string of the molecule is CNC(C)c1ccc(N2CCCC(C(C)C)CC2)c(Br)c1. The summed E-state index contributed by atoms with van der Waals surface area (Å²) in [6.07, 6.45) is 4.00. The minimum absolute atomic E-state index is 0.393. The second-order valence-corrected chi connectivity index (χ2v) is 7.50. The normalized spacial score (nSPS) is 21.4. The van der Waals surface area contributed by atoms with Crippen LogP contribution in [0, 0.1) is 11.8 Å². The molecule has 0 saturated carbocycles. The summed E-state index contributed by atoms with van der Waals surface area (Å²) < 4.78 is 1.23. The molecular weight excluding hydrogens is 324 g/mol. The van der Waals surface area contributed by atoms with Crippen LogP contribution >= 0.6 is 15.9 Å². The Labute approximate surface area is 138 Å². The second kappa shape index (κ2) is 7.64. The van der Waals surface area contributed by atoms with Crippen LogP contribution in [0.3, 0.4) is 0 Å². The van der Waals surface area contributed by atoms with E-state index in [4.69, 9.17) is 0 Å². The Balaban J connectivity index is 2.11. The molecular formula is C18H29BrN2. The average molecular weight is 353 g/mol. The Morgan fingerprint density at radius 1 is 1.19 bits per heavy atom. The van der Waals surface area contributed by atoms with E-state index in [1.165, 1.54) is 48.1 Å². The van der Waals surface area contributed by atoms with E-state index in [1.807, 2.05) is 7.05 Å². The van der Waals surface area contributed by atoms with Crippen molar-refractivity contribution in [2.75, 3.05) is 25.0 Å². The lowest BCUT2D eigenvalue weighted by Gasteiger charge is -2.25. The molecule has 0 radical (unpaired) electrons. The van der Waals surface area contributed by atoms with E-state index in [2.05, 4.69) is 65.1 Å². The van der Waals surface area contributed by atoms with Crippen LogP contribution in [0.25, 0.3) is 0 Å². The smallest absolute Gasteiger partial charge is 0.0510 e. The van der Waals surface area contributed by atoms with E-state index in [1.54, 1.807) is 0 Å². The third kappa shape index (κ3) is 4.23. The third-order valence-corrected chi connectivity index (χ3v) is 5.60. The molecule has 0 spiro atoms. The quantitative estimate of drug-likeness (QED) is 0.820. The molecule has 1 saturated heterocycles. The second-order valence-electron chi connectivity index (χ2n) is 6.64. The Bertz CT molecular complexity index is 459. The lowest BCUT2D eigenvalue weighted by atomic mass is 9.89. The molecule has 2 atom stereocenters. The van der Waals surface area contributed by atoms with Crippen LogP contribution in [0.1, 0.15) is 51.6 Å². The molecule has 1 N–H and O–H groups in total. The van der Waals surface area contributed by atoms with Crippen LogP contribution in [-0.4, -0.2) is 20.1 Å². The predicted molar refractivity (Wildman–Crippen MR) is 96.0 cm³/mol. The monoisotopic (exact) mass is 352 g/mol. The van der Waals surface area contributed by atoms with Crippen LogP contribution in [0.2, 0.25) is 0 Å². The molecule has 2 unspecified atom stereocenters. The van der Waals surface area contributed by atoms with Gasteiger partial charge in [-0.2, -0.15) is 0 Å². The minimum atomic E-state index is 0.393. The van der Waals surface area contributed by atoms with Gasteiger partial charge in [-0.1, -0.05) is 19.9 Å². The fraction of sp³-hybridized carbons (Fsp3) is 0.667. The Kier molecular flexibility index (Phi) is 6.12. The molecule has 21 heavy (non-hydrogen) atoms. The van der Waals surface area contributed by atoms with Crippen molar-refractivity contribution in [1.29, 1.82) is 0 Å². The van der Waals surface area contributed by atoms with E-state index in [9.17, 15) is 0 Å². The van der Waals surface area contributed by atoms with Crippen molar-refractivity contribution in [3.05, 3.63) is 28.2 Å². The number of anilines is 1. The molecule has 1 aromatic carbocycles. The Morgan fingerprint density at radius 3 is 2.57 bits per heavy atom. The highest BCUT2D eigenvalue weighted by Crippen LogP contribution is 2.33. The van der Waals surface area contributed by atoms with Gasteiger partial charge < -0.3 is 10.2 Å². The number of nitrogens with zero attached hydrogens (tertiary/aromatic N) is 1. The standard InChI is InChI=1S/C18H29BrN2/c1-13(2)15-6-5-10-21(11-9-15)18-8-7-16(12-17(18)19)14(3)20-4/h7-8,12-15,20H,5-6,9-11H2,1-4H3. The van der Waals surface area contributed by atoms with E-state index in [-0.39, 0.29) is 0 Å². The number of halogens is 1. The summed E-state index contributed by atoms with van der Waals surface area (Å²) in [7, 11) is 2.01. The molecule has 1 aliphatic rings. The van der Waals surface area contributed by atoms with Crippen molar-refractivity contribution >= 4 is 21.6 Å². The summed E-state index contributed by atoms with van der Waals surface area (Å²) in [5, 5.41) is 3.30. The van der Waals surface area contributed by atoms with Crippen molar-refractivity contribution in [3.63, 3.8) is 0 Å². The maximum atomic E-state index is 3.78. The highest BCUT2D eigenvalue weighted by atomic mass is 79.9. The van der Waals surface area contributed by atoms with Gasteiger partial charge in [0.2, 0.25) is 0 Å². The summed E-state index contributed by atoms with van der Waals surface area (Å²) in [6.45, 7) is 9.29. The van der Waals surface area contributed by atoms with Gasteiger partial charge in [0, 0.05) is 23.6 Å². The molecule has 2 rings (SSSR count). The van der Waals surface area contributed by atoms with Gasteiger partial charge in [-0.15, -0.1) is 0 Å². The van der Waals surface area contributed by atoms with Crippen molar-refractivity contribution in [2.45, 2.75) is 46.1 Å². The van der Waals surface area contributed by atoms with Crippen LogP contribution in [0.5, 0.6) is 0 Å². The van der Waals surface area contributed by atoms with Crippen molar-refractivity contribution in [2.24, 2.45) is 11.8 Å². The topological polar surface area (TPSA) is 15.3 Å². The van der Waals surface area contributed by atoms with E-state index in [0.29, 0.717) is 6.04 Å². The molecule has 0 aliphatic carbocycles. The fourth-order valence-corrected chi connectivity index (χ4v) is 3.89. The van der Waals surface area contributed by atoms with Gasteiger partial charge in [-0.05, 0) is 78.7 Å². The summed E-state index contributed by atoms with van der Waals surface area (Å²) >= 11 is 3.78. The van der Waals surface area contributed by atoms with Gasteiger partial charge >= 0.3 is 0 Å². The van der Waals surface area contributed by atoms with Crippen LogP contribution in [0.15, 0.2) is 22.7 Å². The van der Waals surface area contributed by atoms with E-state index < -0.39 is 0 Å². The maximum Gasteiger partial charge on any atom is 0.0510 e. The van der Waals surface area contributed by atoms with Gasteiger partial charge in [0.25, 0.3) is 0 Å². The molecule has 0 amide bonds. The largest absolute Gasteiger partial charge is 0.371 e. The zero-order chi connectivity index (χ0) is 15.4. The Hall–Kier alpha value is -0.540. The first-order valence-electron chi connectivity index (χ1n) is 8.24. The molecule has 1 fully saturated rings. The lowest BCUT2D eigenvalue weighted by molar-refractivity contribution is 0.351. The fourth-order valence-electron chi connectivity index (χ4n) is 3.25.